The fourth-order valence-electron chi connectivity index (χ4n) is 5.43. The number of aryl methyl sites for hydroxylation is 1. The first-order valence-electron chi connectivity index (χ1n) is 12.6. The van der Waals surface area contributed by atoms with E-state index < -0.39 is 0 Å². The molecule has 1 aliphatic carbocycles. The summed E-state index contributed by atoms with van der Waals surface area (Å²) < 4.78 is 3.56. The highest BCUT2D eigenvalue weighted by atomic mass is 16.1. The van der Waals surface area contributed by atoms with Gasteiger partial charge >= 0.3 is 0 Å². The Morgan fingerprint density at radius 3 is 2.56 bits per heavy atom. The number of ketones is 1. The molecule has 0 saturated heterocycles. The van der Waals surface area contributed by atoms with Crippen LogP contribution in [-0.4, -0.2) is 24.9 Å². The second kappa shape index (κ2) is 9.90. The van der Waals surface area contributed by atoms with Crippen LogP contribution in [0.2, 0.25) is 0 Å². The minimum atomic E-state index is -0.249. The van der Waals surface area contributed by atoms with Crippen LogP contribution >= 0.6 is 0 Å². The number of hydrogen-bond donors (Lipinski definition) is 0. The lowest BCUT2D eigenvalue weighted by Gasteiger charge is -2.26. The number of nitrogens with zero attached hydrogens (tertiary/aromatic N) is 5. The van der Waals surface area contributed by atoms with Gasteiger partial charge in [0.05, 0.1) is 17.3 Å². The summed E-state index contributed by atoms with van der Waals surface area (Å²) in [4.78, 5) is 30.5. The molecule has 0 aliphatic heterocycles. The summed E-state index contributed by atoms with van der Waals surface area (Å²) in [6, 6.07) is 18.0. The van der Waals surface area contributed by atoms with Crippen molar-refractivity contribution in [1.29, 1.82) is 5.26 Å². The van der Waals surface area contributed by atoms with Crippen LogP contribution in [0.3, 0.4) is 0 Å². The van der Waals surface area contributed by atoms with Gasteiger partial charge in [-0.05, 0) is 42.0 Å². The number of benzene rings is 2. The van der Waals surface area contributed by atoms with Gasteiger partial charge in [-0.25, -0.2) is 4.52 Å². The zero-order chi connectivity index (χ0) is 25.2. The Bertz CT molecular complexity index is 1520. The summed E-state index contributed by atoms with van der Waals surface area (Å²) >= 11 is 0. The molecule has 1 aliphatic rings. The standard InChI is InChI=1S/C29H29N5O2/c1-3-7-26-27(19(2)21-10-15-25(22(16-21)17-30)20-8-5-4-6-9-20)28(36)33(29-31-18-32-34(26)29)23-11-13-24(35)14-12-23/h4-6,8-10,15-16,18-19,23H,3,7,11-14H2,1-2H3. The normalized spacial score (nSPS) is 15.2. The molecule has 4 aromatic rings. The van der Waals surface area contributed by atoms with Crippen LogP contribution in [0.4, 0.5) is 0 Å². The maximum Gasteiger partial charge on any atom is 0.259 e. The van der Waals surface area contributed by atoms with Crippen LogP contribution < -0.4 is 5.56 Å². The van der Waals surface area contributed by atoms with Crippen molar-refractivity contribution in [3.63, 3.8) is 0 Å². The van der Waals surface area contributed by atoms with Crippen LogP contribution in [-0.2, 0) is 11.2 Å². The van der Waals surface area contributed by atoms with Crippen LogP contribution in [0.15, 0.2) is 59.7 Å². The lowest BCUT2D eigenvalue weighted by molar-refractivity contribution is -0.120. The van der Waals surface area contributed by atoms with Gasteiger partial charge in [0.1, 0.15) is 12.1 Å². The number of nitriles is 1. The monoisotopic (exact) mass is 479 g/mol. The molecule has 36 heavy (non-hydrogen) atoms. The van der Waals surface area contributed by atoms with Crippen LogP contribution in [0.1, 0.15) is 80.3 Å². The summed E-state index contributed by atoms with van der Waals surface area (Å²) in [6.07, 6.45) is 5.25. The van der Waals surface area contributed by atoms with Crippen molar-refractivity contribution in [2.45, 2.75) is 64.3 Å². The van der Waals surface area contributed by atoms with Crippen molar-refractivity contribution >= 4 is 11.6 Å². The van der Waals surface area contributed by atoms with Gasteiger partial charge in [0.2, 0.25) is 5.78 Å². The Kier molecular flexibility index (Phi) is 6.51. The molecule has 0 bridgehead atoms. The first-order chi connectivity index (χ1) is 17.5. The van der Waals surface area contributed by atoms with Gasteiger partial charge in [-0.15, -0.1) is 0 Å². The zero-order valence-corrected chi connectivity index (χ0v) is 20.6. The molecule has 7 nitrogen and oxygen atoms in total. The van der Waals surface area contributed by atoms with Crippen molar-refractivity contribution in [3.8, 4) is 17.2 Å². The molecule has 5 rings (SSSR count). The van der Waals surface area contributed by atoms with E-state index in [1.54, 1.807) is 9.08 Å². The third kappa shape index (κ3) is 4.13. The predicted octanol–water partition coefficient (Wildman–Crippen LogP) is 5.22. The molecule has 2 heterocycles. The third-order valence-corrected chi connectivity index (χ3v) is 7.31. The van der Waals surface area contributed by atoms with Gasteiger partial charge in [0.25, 0.3) is 5.56 Å². The smallest absolute Gasteiger partial charge is 0.259 e. The average Bonchev–Trinajstić information content (AvgIpc) is 3.39. The Balaban J connectivity index is 1.67. The maximum absolute atomic E-state index is 14.1. The third-order valence-electron chi connectivity index (χ3n) is 7.31. The molecule has 1 unspecified atom stereocenters. The van der Waals surface area contributed by atoms with E-state index in [1.807, 2.05) is 55.5 Å². The fourth-order valence-corrected chi connectivity index (χ4v) is 5.43. The summed E-state index contributed by atoms with van der Waals surface area (Å²) in [7, 11) is 0. The summed E-state index contributed by atoms with van der Waals surface area (Å²) in [5.41, 5.74) is 4.81. The highest BCUT2D eigenvalue weighted by molar-refractivity contribution is 5.79. The lowest BCUT2D eigenvalue weighted by atomic mass is 9.88. The van der Waals surface area contributed by atoms with Gasteiger partial charge in [-0.3, -0.25) is 14.2 Å². The van der Waals surface area contributed by atoms with Gasteiger partial charge in [-0.2, -0.15) is 15.3 Å². The van der Waals surface area contributed by atoms with E-state index in [2.05, 4.69) is 23.1 Å². The molecule has 2 aromatic carbocycles. The Hall–Kier alpha value is -4.05. The molecule has 0 N–H and O–H groups in total. The Labute approximate surface area is 210 Å². The topological polar surface area (TPSA) is 93.0 Å². The summed E-state index contributed by atoms with van der Waals surface area (Å²) in [5, 5.41) is 14.4. The van der Waals surface area contributed by atoms with E-state index in [4.69, 9.17) is 0 Å². The first kappa shape index (κ1) is 23.7. The first-order valence-corrected chi connectivity index (χ1v) is 12.6. The Morgan fingerprint density at radius 2 is 1.86 bits per heavy atom. The van der Waals surface area contributed by atoms with E-state index in [0.717, 1.165) is 28.8 Å². The van der Waals surface area contributed by atoms with Crippen LogP contribution in [0.5, 0.6) is 0 Å². The maximum atomic E-state index is 14.1. The van der Waals surface area contributed by atoms with Crippen molar-refractivity contribution in [1.82, 2.24) is 19.2 Å². The molecule has 1 atom stereocenters. The highest BCUT2D eigenvalue weighted by Gasteiger charge is 2.29. The van der Waals surface area contributed by atoms with E-state index >= 15 is 0 Å². The van der Waals surface area contributed by atoms with Crippen molar-refractivity contribution in [2.75, 3.05) is 0 Å². The number of carbonyl (C=O) groups excluding carboxylic acids is 1. The second-order valence-corrected chi connectivity index (χ2v) is 9.53. The number of carbonyl (C=O) groups is 1. The average molecular weight is 480 g/mol. The number of Topliss-reactive ketones (excluding diaryl/α,β-unsaturated/α-hetero) is 1. The van der Waals surface area contributed by atoms with Crippen LogP contribution in [0.25, 0.3) is 16.9 Å². The van der Waals surface area contributed by atoms with E-state index in [1.165, 1.54) is 6.33 Å². The van der Waals surface area contributed by atoms with Crippen molar-refractivity contribution in [2.24, 2.45) is 0 Å². The zero-order valence-electron chi connectivity index (χ0n) is 20.6. The quantitative estimate of drug-likeness (QED) is 0.378. The number of hydrogen-bond acceptors (Lipinski definition) is 5. The summed E-state index contributed by atoms with van der Waals surface area (Å²) in [6.45, 7) is 4.10. The summed E-state index contributed by atoms with van der Waals surface area (Å²) in [5.74, 6) is 0.535. The van der Waals surface area contributed by atoms with Gasteiger partial charge in [0.15, 0.2) is 0 Å². The van der Waals surface area contributed by atoms with Gasteiger partial charge in [-0.1, -0.05) is 62.7 Å². The second-order valence-electron chi connectivity index (χ2n) is 9.53. The molecule has 0 amide bonds. The molecular weight excluding hydrogens is 450 g/mol. The lowest BCUT2D eigenvalue weighted by Crippen LogP contribution is -2.35. The van der Waals surface area contributed by atoms with E-state index in [0.29, 0.717) is 49.0 Å². The molecule has 0 radical (unpaired) electrons. The minimum absolute atomic E-state index is 0.0727. The van der Waals surface area contributed by atoms with E-state index in [-0.39, 0.29) is 23.3 Å². The van der Waals surface area contributed by atoms with Crippen molar-refractivity contribution in [3.05, 3.63) is 87.6 Å². The predicted molar refractivity (Wildman–Crippen MR) is 138 cm³/mol. The molecule has 0 spiro atoms. The SMILES string of the molecule is CCCc1c(C(C)c2ccc(-c3ccccc3)c(C#N)c2)c(=O)n(C2CCC(=O)CC2)c2ncnn12. The largest absolute Gasteiger partial charge is 0.300 e. The van der Waals surface area contributed by atoms with E-state index in [9.17, 15) is 14.9 Å². The molecule has 2 aromatic heterocycles. The van der Waals surface area contributed by atoms with Crippen molar-refractivity contribution < 1.29 is 4.79 Å². The minimum Gasteiger partial charge on any atom is -0.300 e. The van der Waals surface area contributed by atoms with Gasteiger partial charge < -0.3 is 0 Å². The van der Waals surface area contributed by atoms with Crippen LogP contribution in [0, 0.1) is 11.3 Å². The molecular formula is C29H29N5O2. The molecule has 1 fully saturated rings. The number of fused-ring (bicyclic) bond motifs is 1. The molecule has 182 valence electrons. The fraction of sp³-hybridized carbons (Fsp3) is 0.345. The number of aromatic nitrogens is 4. The Morgan fingerprint density at radius 1 is 1.11 bits per heavy atom. The molecule has 7 heteroatoms. The van der Waals surface area contributed by atoms with Gasteiger partial charge in [0, 0.05) is 30.4 Å². The number of rotatable bonds is 6. The highest BCUT2D eigenvalue weighted by Crippen LogP contribution is 2.32. The molecule has 1 saturated carbocycles.